The zero-order valence-electron chi connectivity index (χ0n) is 11.3. The molecule has 3 N–H and O–H groups in total. The molecule has 112 valence electrons. The average molecular weight is 290 g/mol. The lowest BCUT2D eigenvalue weighted by Crippen LogP contribution is -2.36. The Balaban J connectivity index is 2.60. The second-order valence-corrected chi connectivity index (χ2v) is 4.44. The van der Waals surface area contributed by atoms with Gasteiger partial charge in [0.15, 0.2) is 6.61 Å². The molecule has 0 radical (unpaired) electrons. The summed E-state index contributed by atoms with van der Waals surface area (Å²) in [6.45, 7) is 2.14. The minimum atomic E-state index is -4.43. The number of hydrogen-bond acceptors (Lipinski definition) is 3. The van der Waals surface area contributed by atoms with Gasteiger partial charge in [-0.2, -0.15) is 13.2 Å². The molecule has 1 aromatic rings. The van der Waals surface area contributed by atoms with Crippen molar-refractivity contribution in [3.05, 3.63) is 28.8 Å². The molecular formula is C13H17F3N2O2. The minimum Gasteiger partial charge on any atom is -0.483 e. The summed E-state index contributed by atoms with van der Waals surface area (Å²) >= 11 is 0. The summed E-state index contributed by atoms with van der Waals surface area (Å²) in [5, 5.41) is 1.75. The maximum absolute atomic E-state index is 11.9. The molecule has 0 spiro atoms. The van der Waals surface area contributed by atoms with Gasteiger partial charge in [0.05, 0.1) is 0 Å². The molecule has 7 heteroatoms. The van der Waals surface area contributed by atoms with Gasteiger partial charge in [0.1, 0.15) is 12.3 Å². The third-order valence-electron chi connectivity index (χ3n) is 2.59. The van der Waals surface area contributed by atoms with Crippen LogP contribution >= 0.6 is 0 Å². The molecule has 0 aliphatic carbocycles. The number of amides is 1. The highest BCUT2D eigenvalue weighted by atomic mass is 19.4. The van der Waals surface area contributed by atoms with Crippen LogP contribution in [0, 0.1) is 13.8 Å². The first kappa shape index (κ1) is 16.3. The second-order valence-electron chi connectivity index (χ2n) is 4.44. The van der Waals surface area contributed by atoms with Crippen LogP contribution in [0.4, 0.5) is 13.2 Å². The van der Waals surface area contributed by atoms with Gasteiger partial charge in [-0.3, -0.25) is 4.79 Å². The van der Waals surface area contributed by atoms with Crippen molar-refractivity contribution >= 4 is 5.91 Å². The third kappa shape index (κ3) is 5.08. The van der Waals surface area contributed by atoms with Gasteiger partial charge in [-0.1, -0.05) is 12.1 Å². The predicted molar refractivity (Wildman–Crippen MR) is 68.4 cm³/mol. The standard InChI is InChI=1S/C13H17F3N2O2/c1-8-3-10(5-17)4-9(2)12(8)20-6-11(19)18-7-13(14,15)16/h3-4H,5-7,17H2,1-2H3,(H,18,19). The zero-order chi connectivity index (χ0) is 15.3. The van der Waals surface area contributed by atoms with Crippen molar-refractivity contribution in [1.82, 2.24) is 5.32 Å². The average Bonchev–Trinajstić information content (AvgIpc) is 2.34. The molecule has 0 saturated heterocycles. The highest BCUT2D eigenvalue weighted by molar-refractivity contribution is 5.77. The van der Waals surface area contributed by atoms with Gasteiger partial charge < -0.3 is 15.8 Å². The van der Waals surface area contributed by atoms with Gasteiger partial charge in [-0.25, -0.2) is 0 Å². The molecule has 0 bridgehead atoms. The summed E-state index contributed by atoms with van der Waals surface area (Å²) in [5.41, 5.74) is 8.03. The first-order chi connectivity index (χ1) is 9.23. The van der Waals surface area contributed by atoms with E-state index in [0.717, 1.165) is 16.7 Å². The van der Waals surface area contributed by atoms with Gasteiger partial charge in [-0.05, 0) is 30.5 Å². The van der Waals surface area contributed by atoms with E-state index in [2.05, 4.69) is 0 Å². The number of aryl methyl sites for hydroxylation is 2. The summed E-state index contributed by atoms with van der Waals surface area (Å²) in [4.78, 5) is 11.3. The Bertz CT molecular complexity index is 464. The maximum Gasteiger partial charge on any atom is 0.405 e. The molecule has 0 unspecified atom stereocenters. The summed E-state index contributed by atoms with van der Waals surface area (Å²) < 4.78 is 41.0. The van der Waals surface area contributed by atoms with Crippen LogP contribution < -0.4 is 15.8 Å². The Hall–Kier alpha value is -1.76. The lowest BCUT2D eigenvalue weighted by atomic mass is 10.1. The van der Waals surface area contributed by atoms with Crippen LogP contribution in [0.2, 0.25) is 0 Å². The molecule has 1 rings (SSSR count). The Kier molecular flexibility index (Phi) is 5.38. The van der Waals surface area contributed by atoms with Crippen LogP contribution in [0.15, 0.2) is 12.1 Å². The number of halogens is 3. The number of ether oxygens (including phenoxy) is 1. The van der Waals surface area contributed by atoms with Crippen LogP contribution in [0.25, 0.3) is 0 Å². The number of alkyl halides is 3. The van der Waals surface area contributed by atoms with Crippen molar-refractivity contribution < 1.29 is 22.7 Å². The van der Waals surface area contributed by atoms with Crippen LogP contribution in [0.5, 0.6) is 5.75 Å². The minimum absolute atomic E-state index is 0.383. The number of carbonyl (C=O) groups excluding carboxylic acids is 1. The van der Waals surface area contributed by atoms with Crippen molar-refractivity contribution in [2.24, 2.45) is 5.73 Å². The van der Waals surface area contributed by atoms with E-state index in [1.165, 1.54) is 0 Å². The molecule has 1 amide bonds. The molecular weight excluding hydrogens is 273 g/mol. The van der Waals surface area contributed by atoms with Crippen LogP contribution in [0.3, 0.4) is 0 Å². The molecule has 0 atom stereocenters. The van der Waals surface area contributed by atoms with E-state index in [1.54, 1.807) is 19.2 Å². The summed E-state index contributed by atoms with van der Waals surface area (Å²) in [6, 6.07) is 3.63. The topological polar surface area (TPSA) is 64.3 Å². The Labute approximate surface area is 115 Å². The van der Waals surface area contributed by atoms with E-state index < -0.39 is 25.2 Å². The van der Waals surface area contributed by atoms with E-state index in [1.807, 2.05) is 12.1 Å². The van der Waals surface area contributed by atoms with Crippen molar-refractivity contribution in [3.63, 3.8) is 0 Å². The van der Waals surface area contributed by atoms with E-state index in [-0.39, 0.29) is 0 Å². The largest absolute Gasteiger partial charge is 0.483 e. The predicted octanol–water partition coefficient (Wildman–Crippen LogP) is 1.82. The van der Waals surface area contributed by atoms with Crippen molar-refractivity contribution in [1.29, 1.82) is 0 Å². The fraction of sp³-hybridized carbons (Fsp3) is 0.462. The molecule has 0 heterocycles. The normalized spacial score (nSPS) is 11.3. The highest BCUT2D eigenvalue weighted by Crippen LogP contribution is 2.24. The molecule has 0 saturated carbocycles. The quantitative estimate of drug-likeness (QED) is 0.869. The number of carbonyl (C=O) groups is 1. The number of nitrogens with one attached hydrogen (secondary N) is 1. The van der Waals surface area contributed by atoms with Crippen molar-refractivity contribution in [2.75, 3.05) is 13.2 Å². The molecule has 20 heavy (non-hydrogen) atoms. The summed E-state index contributed by atoms with van der Waals surface area (Å²) in [6.07, 6.45) is -4.43. The van der Waals surface area contributed by atoms with E-state index in [4.69, 9.17) is 10.5 Å². The fourth-order valence-corrected chi connectivity index (χ4v) is 1.77. The summed E-state index contributed by atoms with van der Waals surface area (Å²) in [7, 11) is 0. The van der Waals surface area contributed by atoms with Gasteiger partial charge in [0.2, 0.25) is 0 Å². The van der Waals surface area contributed by atoms with Gasteiger partial charge >= 0.3 is 6.18 Å². The van der Waals surface area contributed by atoms with Crippen LogP contribution in [-0.4, -0.2) is 25.2 Å². The van der Waals surface area contributed by atoms with E-state index in [9.17, 15) is 18.0 Å². The monoisotopic (exact) mass is 290 g/mol. The highest BCUT2D eigenvalue weighted by Gasteiger charge is 2.27. The molecule has 0 aliphatic rings. The third-order valence-corrected chi connectivity index (χ3v) is 2.59. The fourth-order valence-electron chi connectivity index (χ4n) is 1.77. The van der Waals surface area contributed by atoms with E-state index >= 15 is 0 Å². The zero-order valence-corrected chi connectivity index (χ0v) is 11.3. The number of nitrogens with two attached hydrogens (primary N) is 1. The van der Waals surface area contributed by atoms with E-state index in [0.29, 0.717) is 12.3 Å². The first-order valence-electron chi connectivity index (χ1n) is 5.99. The Morgan fingerprint density at radius 3 is 2.30 bits per heavy atom. The number of hydrogen-bond donors (Lipinski definition) is 2. The van der Waals surface area contributed by atoms with Crippen molar-refractivity contribution in [3.8, 4) is 5.75 Å². The van der Waals surface area contributed by atoms with Gasteiger partial charge in [0, 0.05) is 6.54 Å². The number of benzene rings is 1. The maximum atomic E-state index is 11.9. The smallest absolute Gasteiger partial charge is 0.405 e. The SMILES string of the molecule is Cc1cc(CN)cc(C)c1OCC(=O)NCC(F)(F)F. The Morgan fingerprint density at radius 1 is 1.30 bits per heavy atom. The molecule has 1 aromatic carbocycles. The van der Waals surface area contributed by atoms with Crippen molar-refractivity contribution in [2.45, 2.75) is 26.6 Å². The van der Waals surface area contributed by atoms with Crippen LogP contribution in [0.1, 0.15) is 16.7 Å². The first-order valence-corrected chi connectivity index (χ1v) is 5.99. The molecule has 0 aromatic heterocycles. The summed E-state index contributed by atoms with van der Waals surface area (Å²) in [5.74, 6) is -0.326. The van der Waals surface area contributed by atoms with Crippen LogP contribution in [-0.2, 0) is 11.3 Å². The lowest BCUT2D eigenvalue weighted by Gasteiger charge is -2.14. The molecule has 0 aliphatic heterocycles. The second kappa shape index (κ2) is 6.60. The van der Waals surface area contributed by atoms with Gasteiger partial charge in [0.25, 0.3) is 5.91 Å². The van der Waals surface area contributed by atoms with Gasteiger partial charge in [-0.15, -0.1) is 0 Å². The number of rotatable bonds is 5. The molecule has 4 nitrogen and oxygen atoms in total. The molecule has 0 fully saturated rings. The lowest BCUT2D eigenvalue weighted by molar-refractivity contribution is -0.139. The Morgan fingerprint density at radius 2 is 1.85 bits per heavy atom.